The first kappa shape index (κ1) is 18.5. The number of hydrogen-bond donors (Lipinski definition) is 2. The molecule has 2 rings (SSSR count). The van der Waals surface area contributed by atoms with Crippen molar-refractivity contribution in [3.05, 3.63) is 35.4 Å². The van der Waals surface area contributed by atoms with Crippen LogP contribution in [0.25, 0.3) is 0 Å². The number of benzene rings is 1. The van der Waals surface area contributed by atoms with Crippen molar-refractivity contribution in [1.82, 2.24) is 15.5 Å². The van der Waals surface area contributed by atoms with Gasteiger partial charge in [0.15, 0.2) is 0 Å². The molecule has 0 radical (unpaired) electrons. The first-order valence-electron chi connectivity index (χ1n) is 7.92. The molecule has 1 atom stereocenters. The fourth-order valence-electron chi connectivity index (χ4n) is 2.65. The second-order valence-corrected chi connectivity index (χ2v) is 5.52. The van der Waals surface area contributed by atoms with E-state index in [1.54, 1.807) is 0 Å². The summed E-state index contributed by atoms with van der Waals surface area (Å²) in [4.78, 5) is 13.7. The second kappa shape index (κ2) is 8.34. The molecule has 24 heavy (non-hydrogen) atoms. The van der Waals surface area contributed by atoms with Crippen LogP contribution in [0.1, 0.15) is 24.1 Å². The molecule has 1 aromatic carbocycles. The summed E-state index contributed by atoms with van der Waals surface area (Å²) in [5.41, 5.74) is 0.0605. The van der Waals surface area contributed by atoms with Gasteiger partial charge in [-0.25, -0.2) is 4.79 Å². The van der Waals surface area contributed by atoms with Crippen LogP contribution in [0.2, 0.25) is 0 Å². The molecule has 1 aliphatic rings. The number of morpholine rings is 1. The molecule has 1 fully saturated rings. The van der Waals surface area contributed by atoms with Gasteiger partial charge in [-0.05, 0) is 24.6 Å². The van der Waals surface area contributed by atoms with Crippen molar-refractivity contribution in [2.45, 2.75) is 19.1 Å². The van der Waals surface area contributed by atoms with Gasteiger partial charge in [-0.3, -0.25) is 4.90 Å². The molecule has 1 aromatic rings. The van der Waals surface area contributed by atoms with E-state index in [-0.39, 0.29) is 12.1 Å². The number of nitrogens with zero attached hydrogens (tertiary/aromatic N) is 1. The monoisotopic (exact) mass is 345 g/mol. The molecule has 0 saturated carbocycles. The highest BCUT2D eigenvalue weighted by atomic mass is 19.4. The number of halogens is 3. The summed E-state index contributed by atoms with van der Waals surface area (Å²) in [5.74, 6) is 0. The summed E-state index contributed by atoms with van der Waals surface area (Å²) < 4.78 is 43.5. The van der Waals surface area contributed by atoms with E-state index in [1.807, 2.05) is 6.92 Å². The van der Waals surface area contributed by atoms with E-state index in [0.29, 0.717) is 39.4 Å². The van der Waals surface area contributed by atoms with Crippen molar-refractivity contribution >= 4 is 6.03 Å². The summed E-state index contributed by atoms with van der Waals surface area (Å²) in [6, 6.07) is 4.62. The van der Waals surface area contributed by atoms with Gasteiger partial charge in [0.05, 0.1) is 24.8 Å². The molecule has 5 nitrogen and oxygen atoms in total. The SMILES string of the molecule is CCNC(=O)NC[C@@H](c1ccc(C(F)(F)F)cc1)N1CCOCC1. The molecule has 0 spiro atoms. The maximum atomic E-state index is 12.7. The van der Waals surface area contributed by atoms with E-state index >= 15 is 0 Å². The van der Waals surface area contributed by atoms with Crippen molar-refractivity contribution in [2.75, 3.05) is 39.4 Å². The van der Waals surface area contributed by atoms with Gasteiger partial charge >= 0.3 is 12.2 Å². The lowest BCUT2D eigenvalue weighted by atomic mass is 10.0. The molecule has 1 aliphatic heterocycles. The van der Waals surface area contributed by atoms with Crippen LogP contribution in [0.4, 0.5) is 18.0 Å². The first-order chi connectivity index (χ1) is 11.4. The zero-order valence-electron chi connectivity index (χ0n) is 13.5. The maximum absolute atomic E-state index is 12.7. The zero-order chi connectivity index (χ0) is 17.6. The highest BCUT2D eigenvalue weighted by molar-refractivity contribution is 5.73. The third-order valence-corrected chi connectivity index (χ3v) is 3.90. The van der Waals surface area contributed by atoms with Crippen LogP contribution >= 0.6 is 0 Å². The van der Waals surface area contributed by atoms with Crippen LogP contribution < -0.4 is 10.6 Å². The quantitative estimate of drug-likeness (QED) is 0.862. The van der Waals surface area contributed by atoms with Crippen LogP contribution in [0.15, 0.2) is 24.3 Å². The zero-order valence-corrected chi connectivity index (χ0v) is 13.5. The summed E-state index contributed by atoms with van der Waals surface area (Å²) in [5, 5.41) is 5.41. The fourth-order valence-corrected chi connectivity index (χ4v) is 2.65. The fraction of sp³-hybridized carbons (Fsp3) is 0.562. The molecule has 134 valence electrons. The van der Waals surface area contributed by atoms with Gasteiger partial charge in [-0.1, -0.05) is 12.1 Å². The second-order valence-electron chi connectivity index (χ2n) is 5.52. The Morgan fingerprint density at radius 2 is 1.83 bits per heavy atom. The predicted molar refractivity (Wildman–Crippen MR) is 83.7 cm³/mol. The Labute approximate surface area is 139 Å². The summed E-state index contributed by atoms with van der Waals surface area (Å²) in [6.07, 6.45) is -4.35. The van der Waals surface area contributed by atoms with Crippen molar-refractivity contribution < 1.29 is 22.7 Å². The summed E-state index contributed by atoms with van der Waals surface area (Å²) in [6.45, 7) is 5.11. The van der Waals surface area contributed by atoms with Crippen LogP contribution in [0.5, 0.6) is 0 Å². The van der Waals surface area contributed by atoms with Gasteiger partial charge < -0.3 is 15.4 Å². The topological polar surface area (TPSA) is 53.6 Å². The van der Waals surface area contributed by atoms with Crippen LogP contribution in [0, 0.1) is 0 Å². The van der Waals surface area contributed by atoms with E-state index in [0.717, 1.165) is 17.7 Å². The number of nitrogens with one attached hydrogen (secondary N) is 2. The number of carbonyl (C=O) groups excluding carboxylic acids is 1. The summed E-state index contributed by atoms with van der Waals surface area (Å²) >= 11 is 0. The molecular weight excluding hydrogens is 323 g/mol. The first-order valence-corrected chi connectivity index (χ1v) is 7.92. The van der Waals surface area contributed by atoms with E-state index in [9.17, 15) is 18.0 Å². The molecule has 1 heterocycles. The average Bonchev–Trinajstić information content (AvgIpc) is 2.56. The minimum absolute atomic E-state index is 0.196. The summed E-state index contributed by atoms with van der Waals surface area (Å²) in [7, 11) is 0. The Kier molecular flexibility index (Phi) is 6.44. The van der Waals surface area contributed by atoms with Crippen molar-refractivity contribution in [3.63, 3.8) is 0 Å². The van der Waals surface area contributed by atoms with E-state index in [1.165, 1.54) is 12.1 Å². The minimum Gasteiger partial charge on any atom is -0.379 e. The lowest BCUT2D eigenvalue weighted by molar-refractivity contribution is -0.137. The Morgan fingerprint density at radius 1 is 1.21 bits per heavy atom. The molecule has 2 amide bonds. The van der Waals surface area contributed by atoms with Crippen molar-refractivity contribution in [2.24, 2.45) is 0 Å². The molecule has 1 saturated heterocycles. The van der Waals surface area contributed by atoms with Crippen LogP contribution in [0.3, 0.4) is 0 Å². The van der Waals surface area contributed by atoms with Gasteiger partial charge in [-0.2, -0.15) is 13.2 Å². The van der Waals surface area contributed by atoms with E-state index in [4.69, 9.17) is 4.74 Å². The number of amides is 2. The minimum atomic E-state index is -4.35. The Balaban J connectivity index is 2.13. The van der Waals surface area contributed by atoms with Gasteiger partial charge in [0.2, 0.25) is 0 Å². The van der Waals surface area contributed by atoms with E-state index < -0.39 is 11.7 Å². The van der Waals surface area contributed by atoms with Crippen molar-refractivity contribution in [3.8, 4) is 0 Å². The Morgan fingerprint density at radius 3 is 2.38 bits per heavy atom. The number of ether oxygens (including phenoxy) is 1. The highest BCUT2D eigenvalue weighted by Crippen LogP contribution is 2.31. The number of carbonyl (C=O) groups is 1. The van der Waals surface area contributed by atoms with Gasteiger partial charge in [0.25, 0.3) is 0 Å². The number of urea groups is 1. The van der Waals surface area contributed by atoms with Gasteiger partial charge in [-0.15, -0.1) is 0 Å². The number of alkyl halides is 3. The van der Waals surface area contributed by atoms with Gasteiger partial charge in [0.1, 0.15) is 0 Å². The Bertz CT molecular complexity index is 528. The van der Waals surface area contributed by atoms with Crippen LogP contribution in [-0.2, 0) is 10.9 Å². The third-order valence-electron chi connectivity index (χ3n) is 3.90. The number of rotatable bonds is 5. The number of hydrogen-bond acceptors (Lipinski definition) is 3. The lowest BCUT2D eigenvalue weighted by Gasteiger charge is -2.35. The molecule has 0 aliphatic carbocycles. The van der Waals surface area contributed by atoms with E-state index in [2.05, 4.69) is 15.5 Å². The normalized spacial score (nSPS) is 17.3. The lowest BCUT2D eigenvalue weighted by Crippen LogP contribution is -2.45. The average molecular weight is 345 g/mol. The molecule has 0 unspecified atom stereocenters. The molecule has 0 bridgehead atoms. The molecule has 8 heteroatoms. The third kappa shape index (κ3) is 5.10. The maximum Gasteiger partial charge on any atom is 0.416 e. The highest BCUT2D eigenvalue weighted by Gasteiger charge is 2.31. The molecule has 0 aromatic heterocycles. The van der Waals surface area contributed by atoms with Crippen LogP contribution in [-0.4, -0.2) is 50.3 Å². The Hall–Kier alpha value is -1.80. The largest absolute Gasteiger partial charge is 0.416 e. The van der Waals surface area contributed by atoms with Gasteiger partial charge in [0, 0.05) is 26.2 Å². The molecular formula is C16H22F3N3O2. The standard InChI is InChI=1S/C16H22F3N3O2/c1-2-20-15(23)21-11-14(22-7-9-24-10-8-22)12-3-5-13(6-4-12)16(17,18)19/h3-6,14H,2,7-11H2,1H3,(H2,20,21,23)/t14-/m0/s1. The van der Waals surface area contributed by atoms with Crippen molar-refractivity contribution in [1.29, 1.82) is 0 Å². The predicted octanol–water partition coefficient (Wildman–Crippen LogP) is 2.40. The smallest absolute Gasteiger partial charge is 0.379 e. The molecule has 2 N–H and O–H groups in total.